The van der Waals surface area contributed by atoms with Gasteiger partial charge in [0.2, 0.25) is 5.91 Å². The van der Waals surface area contributed by atoms with Gasteiger partial charge < -0.3 is 14.8 Å². The van der Waals surface area contributed by atoms with E-state index in [1.165, 1.54) is 6.39 Å². The number of amides is 1. The molecular weight excluding hydrogens is 280 g/mol. The highest BCUT2D eigenvalue weighted by molar-refractivity contribution is 8.00. The molecule has 0 spiro atoms. The molecule has 1 heterocycles. The number of carboxylic acids is 1. The second kappa shape index (κ2) is 6.76. The Morgan fingerprint density at radius 2 is 2.00 bits per heavy atom. The largest absolute Gasteiger partial charge is 0.481 e. The number of nitrogens with one attached hydrogen (secondary N) is 1. The summed E-state index contributed by atoms with van der Waals surface area (Å²) < 4.78 is 5.16. The van der Waals surface area contributed by atoms with E-state index < -0.39 is 5.97 Å². The van der Waals surface area contributed by atoms with Gasteiger partial charge in [-0.1, -0.05) is 0 Å². The van der Waals surface area contributed by atoms with Gasteiger partial charge in [-0.05, 0) is 24.3 Å². The van der Waals surface area contributed by atoms with E-state index in [9.17, 15) is 9.59 Å². The molecular formula is C13H12N2O4S. The molecule has 20 heavy (non-hydrogen) atoms. The summed E-state index contributed by atoms with van der Waals surface area (Å²) in [4.78, 5) is 25.7. The van der Waals surface area contributed by atoms with Crippen molar-refractivity contribution in [1.82, 2.24) is 4.98 Å². The number of oxazole rings is 1. The molecule has 1 aromatic carbocycles. The van der Waals surface area contributed by atoms with Crippen molar-refractivity contribution < 1.29 is 19.1 Å². The van der Waals surface area contributed by atoms with Crippen LogP contribution in [0.2, 0.25) is 0 Å². The van der Waals surface area contributed by atoms with E-state index in [1.54, 1.807) is 30.5 Å². The summed E-state index contributed by atoms with van der Waals surface area (Å²) >= 11 is 1.06. The topological polar surface area (TPSA) is 92.4 Å². The van der Waals surface area contributed by atoms with Gasteiger partial charge in [0.1, 0.15) is 0 Å². The molecule has 1 amide bonds. The number of carbonyl (C=O) groups excluding carboxylic acids is 1. The zero-order valence-corrected chi connectivity index (χ0v) is 11.2. The van der Waals surface area contributed by atoms with E-state index in [2.05, 4.69) is 10.3 Å². The molecule has 2 N–H and O–H groups in total. The standard InChI is InChI=1S/C13H12N2O4S/c16-12(6-20-7-13(17)18)15-10-3-1-9(2-4-10)11-5-14-8-19-11/h1-5,8H,6-7H2,(H,15,16)(H,17,18). The zero-order chi connectivity index (χ0) is 14.4. The summed E-state index contributed by atoms with van der Waals surface area (Å²) in [6, 6.07) is 7.11. The van der Waals surface area contributed by atoms with Crippen LogP contribution in [0, 0.1) is 0 Å². The lowest BCUT2D eigenvalue weighted by molar-refractivity contribution is -0.133. The molecule has 0 fully saturated rings. The highest BCUT2D eigenvalue weighted by Gasteiger charge is 2.06. The third-order valence-electron chi connectivity index (χ3n) is 2.34. The molecule has 0 bridgehead atoms. The molecule has 2 aromatic rings. The quantitative estimate of drug-likeness (QED) is 0.847. The van der Waals surface area contributed by atoms with Crippen LogP contribution in [0.4, 0.5) is 5.69 Å². The van der Waals surface area contributed by atoms with Crippen LogP contribution in [0.5, 0.6) is 0 Å². The molecule has 0 unspecified atom stereocenters. The Morgan fingerprint density at radius 1 is 1.25 bits per heavy atom. The molecule has 0 aliphatic carbocycles. The van der Waals surface area contributed by atoms with E-state index in [0.717, 1.165) is 17.3 Å². The molecule has 0 saturated heterocycles. The van der Waals surface area contributed by atoms with Crippen molar-refractivity contribution >= 4 is 29.3 Å². The van der Waals surface area contributed by atoms with Gasteiger partial charge >= 0.3 is 5.97 Å². The highest BCUT2D eigenvalue weighted by atomic mass is 32.2. The Balaban J connectivity index is 1.87. The van der Waals surface area contributed by atoms with E-state index >= 15 is 0 Å². The number of carboxylic acid groups (broad SMARTS) is 1. The number of hydrogen-bond donors (Lipinski definition) is 2. The summed E-state index contributed by atoms with van der Waals surface area (Å²) in [7, 11) is 0. The van der Waals surface area contributed by atoms with Crippen LogP contribution in [-0.2, 0) is 9.59 Å². The van der Waals surface area contributed by atoms with Crippen LogP contribution < -0.4 is 5.32 Å². The van der Waals surface area contributed by atoms with Crippen LogP contribution in [0.3, 0.4) is 0 Å². The number of rotatable bonds is 6. The van der Waals surface area contributed by atoms with Crippen molar-refractivity contribution in [2.75, 3.05) is 16.8 Å². The molecule has 0 atom stereocenters. The highest BCUT2D eigenvalue weighted by Crippen LogP contribution is 2.20. The molecule has 0 saturated carbocycles. The molecule has 1 aromatic heterocycles. The van der Waals surface area contributed by atoms with Gasteiger partial charge in [0.15, 0.2) is 12.2 Å². The van der Waals surface area contributed by atoms with Gasteiger partial charge in [-0.15, -0.1) is 11.8 Å². The first kappa shape index (κ1) is 14.1. The Bertz CT molecular complexity index is 581. The lowest BCUT2D eigenvalue weighted by atomic mass is 10.2. The fraction of sp³-hybridized carbons (Fsp3) is 0.154. The summed E-state index contributed by atoms with van der Waals surface area (Å²) in [5.74, 6) is -0.489. The van der Waals surface area contributed by atoms with Gasteiger partial charge in [-0.25, -0.2) is 4.98 Å². The van der Waals surface area contributed by atoms with Gasteiger partial charge in [0, 0.05) is 11.3 Å². The molecule has 7 heteroatoms. The minimum Gasteiger partial charge on any atom is -0.481 e. The van der Waals surface area contributed by atoms with Crippen molar-refractivity contribution in [3.05, 3.63) is 36.9 Å². The predicted molar refractivity (Wildman–Crippen MR) is 75.5 cm³/mol. The summed E-state index contributed by atoms with van der Waals surface area (Å²) in [5.41, 5.74) is 1.51. The third-order valence-corrected chi connectivity index (χ3v) is 3.26. The normalized spacial score (nSPS) is 10.2. The number of aromatic nitrogens is 1. The smallest absolute Gasteiger partial charge is 0.313 e. The SMILES string of the molecule is O=C(O)CSCC(=O)Nc1ccc(-c2cnco2)cc1. The van der Waals surface area contributed by atoms with Gasteiger partial charge in [-0.3, -0.25) is 9.59 Å². The monoisotopic (exact) mass is 292 g/mol. The van der Waals surface area contributed by atoms with Crippen molar-refractivity contribution in [2.24, 2.45) is 0 Å². The van der Waals surface area contributed by atoms with E-state index in [0.29, 0.717) is 11.4 Å². The van der Waals surface area contributed by atoms with Crippen LogP contribution in [0.1, 0.15) is 0 Å². The summed E-state index contributed by atoms with van der Waals surface area (Å²) in [5, 5.41) is 11.2. The fourth-order valence-electron chi connectivity index (χ4n) is 1.50. The number of thioether (sulfide) groups is 1. The maximum atomic E-state index is 11.6. The zero-order valence-electron chi connectivity index (χ0n) is 10.4. The molecule has 0 aliphatic heterocycles. The lowest BCUT2D eigenvalue weighted by Gasteiger charge is -2.05. The van der Waals surface area contributed by atoms with Crippen LogP contribution in [0.25, 0.3) is 11.3 Å². The van der Waals surface area contributed by atoms with Crippen molar-refractivity contribution in [2.45, 2.75) is 0 Å². The Labute approximate surface area is 119 Å². The fourth-order valence-corrected chi connectivity index (χ4v) is 2.04. The number of hydrogen-bond acceptors (Lipinski definition) is 5. The van der Waals surface area contributed by atoms with Crippen molar-refractivity contribution in [3.63, 3.8) is 0 Å². The third kappa shape index (κ3) is 4.13. The number of anilines is 1. The number of nitrogens with zero attached hydrogens (tertiary/aromatic N) is 1. The number of carbonyl (C=O) groups is 2. The molecule has 104 valence electrons. The summed E-state index contributed by atoms with van der Waals surface area (Å²) in [6.45, 7) is 0. The first-order valence-corrected chi connectivity index (χ1v) is 6.89. The average Bonchev–Trinajstić information content (AvgIpc) is 2.93. The number of benzene rings is 1. The average molecular weight is 292 g/mol. The second-order valence-electron chi connectivity index (χ2n) is 3.88. The Morgan fingerprint density at radius 3 is 2.60 bits per heavy atom. The predicted octanol–water partition coefficient (Wildman–Crippen LogP) is 2.10. The molecule has 0 aliphatic rings. The minimum atomic E-state index is -0.931. The first-order chi connectivity index (χ1) is 9.65. The molecule has 2 rings (SSSR count). The second-order valence-corrected chi connectivity index (χ2v) is 4.86. The Hall–Kier alpha value is -2.28. The van der Waals surface area contributed by atoms with Crippen molar-refractivity contribution in [3.8, 4) is 11.3 Å². The minimum absolute atomic E-state index is 0.0855. The van der Waals surface area contributed by atoms with Crippen LogP contribution in [-0.4, -0.2) is 33.5 Å². The van der Waals surface area contributed by atoms with Crippen molar-refractivity contribution in [1.29, 1.82) is 0 Å². The maximum absolute atomic E-state index is 11.6. The summed E-state index contributed by atoms with van der Waals surface area (Å²) in [6.07, 6.45) is 2.96. The molecule has 0 radical (unpaired) electrons. The maximum Gasteiger partial charge on any atom is 0.313 e. The van der Waals surface area contributed by atoms with Gasteiger partial charge in [0.25, 0.3) is 0 Å². The Kier molecular flexibility index (Phi) is 4.78. The van der Waals surface area contributed by atoms with Crippen LogP contribution >= 0.6 is 11.8 Å². The van der Waals surface area contributed by atoms with E-state index in [4.69, 9.17) is 9.52 Å². The van der Waals surface area contributed by atoms with Gasteiger partial charge in [-0.2, -0.15) is 0 Å². The first-order valence-electron chi connectivity index (χ1n) is 5.73. The van der Waals surface area contributed by atoms with Crippen LogP contribution in [0.15, 0.2) is 41.3 Å². The van der Waals surface area contributed by atoms with Gasteiger partial charge in [0.05, 0.1) is 17.7 Å². The van der Waals surface area contributed by atoms with E-state index in [-0.39, 0.29) is 17.4 Å². The van der Waals surface area contributed by atoms with E-state index in [1.807, 2.05) is 0 Å². The molecule has 6 nitrogen and oxygen atoms in total. The number of aliphatic carboxylic acids is 1. The lowest BCUT2D eigenvalue weighted by Crippen LogP contribution is -2.15.